The molecule has 3 N–H and O–H groups in total. The van der Waals surface area contributed by atoms with Gasteiger partial charge in [-0.3, -0.25) is 15.0 Å². The van der Waals surface area contributed by atoms with Crippen LogP contribution in [0.3, 0.4) is 0 Å². The molecular weight excluding hydrogens is 288 g/mol. The van der Waals surface area contributed by atoms with Crippen LogP contribution in [0.1, 0.15) is 27.0 Å². The molecule has 0 saturated carbocycles. The van der Waals surface area contributed by atoms with Gasteiger partial charge in [-0.25, -0.2) is 5.84 Å². The summed E-state index contributed by atoms with van der Waals surface area (Å²) in [6.45, 7) is 1.95. The van der Waals surface area contributed by atoms with Crippen LogP contribution in [0.2, 0.25) is 0 Å². The summed E-state index contributed by atoms with van der Waals surface area (Å²) in [5.74, 6) is 5.63. The Labute approximate surface area is 126 Å². The quantitative estimate of drug-likeness (QED) is 0.486. The third kappa shape index (κ3) is 4.40. The van der Waals surface area contributed by atoms with E-state index in [-0.39, 0.29) is 11.7 Å². The van der Waals surface area contributed by atoms with E-state index in [9.17, 15) is 9.59 Å². The summed E-state index contributed by atoms with van der Waals surface area (Å²) in [6.07, 6.45) is 0.433. The number of thiophene rings is 1. The summed E-state index contributed by atoms with van der Waals surface area (Å²) >= 11 is 1.33. The maximum Gasteiger partial charge on any atom is 0.275 e. The van der Waals surface area contributed by atoms with E-state index in [1.807, 2.05) is 30.3 Å². The first kappa shape index (κ1) is 15.2. The number of rotatable bonds is 6. The zero-order chi connectivity index (χ0) is 15.2. The number of hydrogen-bond donors (Lipinski definition) is 2. The lowest BCUT2D eigenvalue weighted by molar-refractivity contribution is -0.116. The lowest BCUT2D eigenvalue weighted by atomic mass is 10.1. The molecule has 0 saturated heterocycles. The Morgan fingerprint density at radius 3 is 2.52 bits per heavy atom. The predicted molar refractivity (Wildman–Crippen MR) is 81.1 cm³/mol. The third-order valence-electron chi connectivity index (χ3n) is 2.77. The highest BCUT2D eigenvalue weighted by atomic mass is 32.1. The molecule has 110 valence electrons. The Bertz CT molecular complexity index is 635. The van der Waals surface area contributed by atoms with Crippen molar-refractivity contribution >= 4 is 23.0 Å². The Kier molecular flexibility index (Phi) is 5.08. The van der Waals surface area contributed by atoms with Gasteiger partial charge in [-0.05, 0) is 36.8 Å². The summed E-state index contributed by atoms with van der Waals surface area (Å²) in [4.78, 5) is 23.8. The van der Waals surface area contributed by atoms with E-state index >= 15 is 0 Å². The van der Waals surface area contributed by atoms with Crippen molar-refractivity contribution in [3.63, 3.8) is 0 Å². The minimum Gasteiger partial charge on any atom is -0.488 e. The fraction of sp³-hybridized carbons (Fsp3) is 0.200. The molecule has 2 aromatic rings. The second-order valence-corrected chi connectivity index (χ2v) is 5.72. The van der Waals surface area contributed by atoms with Crippen molar-refractivity contribution in [3.8, 4) is 5.75 Å². The molecule has 0 bridgehead atoms. The first-order valence-corrected chi connectivity index (χ1v) is 7.21. The number of benzene rings is 1. The molecule has 0 spiro atoms. The van der Waals surface area contributed by atoms with E-state index in [0.717, 1.165) is 16.2 Å². The molecule has 0 aliphatic heterocycles. The molecule has 0 aliphatic carbocycles. The maximum atomic E-state index is 11.3. The molecule has 1 aromatic heterocycles. The number of ketones is 1. The summed E-state index contributed by atoms with van der Waals surface area (Å²) in [7, 11) is 0. The molecule has 0 aliphatic rings. The molecule has 0 radical (unpaired) electrons. The van der Waals surface area contributed by atoms with Gasteiger partial charge in [0.15, 0.2) is 0 Å². The van der Waals surface area contributed by atoms with Crippen molar-refractivity contribution in [2.75, 3.05) is 0 Å². The van der Waals surface area contributed by atoms with Crippen molar-refractivity contribution < 1.29 is 14.3 Å². The Morgan fingerprint density at radius 1 is 1.19 bits per heavy atom. The number of carbonyl (C=O) groups is 2. The van der Waals surface area contributed by atoms with E-state index < -0.39 is 0 Å². The van der Waals surface area contributed by atoms with Gasteiger partial charge in [-0.15, -0.1) is 11.3 Å². The number of amides is 1. The number of hydrazine groups is 1. The van der Waals surface area contributed by atoms with Crippen LogP contribution in [-0.4, -0.2) is 11.7 Å². The molecule has 0 atom stereocenters. The number of carbonyl (C=O) groups excluding carboxylic acids is 2. The maximum absolute atomic E-state index is 11.3. The van der Waals surface area contributed by atoms with Crippen molar-refractivity contribution in [3.05, 3.63) is 51.7 Å². The number of nitrogen functional groups attached to an aromatic ring is 1. The molecule has 0 unspecified atom stereocenters. The highest BCUT2D eigenvalue weighted by Gasteiger charge is 2.08. The summed E-state index contributed by atoms with van der Waals surface area (Å²) < 4.78 is 5.64. The summed E-state index contributed by atoms with van der Waals surface area (Å²) in [6, 6.07) is 11.0. The number of nitrogens with one attached hydrogen (secondary N) is 1. The summed E-state index contributed by atoms with van der Waals surface area (Å²) in [5.41, 5.74) is 3.06. The van der Waals surface area contributed by atoms with E-state index in [1.54, 1.807) is 13.0 Å². The van der Waals surface area contributed by atoms with Crippen LogP contribution in [0.5, 0.6) is 5.75 Å². The molecule has 6 heteroatoms. The average molecular weight is 304 g/mol. The molecule has 21 heavy (non-hydrogen) atoms. The fourth-order valence-corrected chi connectivity index (χ4v) is 2.62. The van der Waals surface area contributed by atoms with E-state index in [1.165, 1.54) is 11.3 Å². The van der Waals surface area contributed by atoms with Gasteiger partial charge in [-0.2, -0.15) is 0 Å². The highest BCUT2D eigenvalue weighted by Crippen LogP contribution is 2.20. The van der Waals surface area contributed by atoms with Crippen molar-refractivity contribution in [2.24, 2.45) is 5.84 Å². The standard InChI is InChI=1S/C15H16N2O3S/c1-10(18)8-11-2-4-12(5-3-11)20-9-13-6-7-14(21-13)15(19)17-16/h2-7H,8-9,16H2,1H3,(H,17,19). The molecule has 5 nitrogen and oxygen atoms in total. The van der Waals surface area contributed by atoms with Crippen LogP contribution in [-0.2, 0) is 17.8 Å². The van der Waals surface area contributed by atoms with E-state index in [2.05, 4.69) is 5.43 Å². The van der Waals surface area contributed by atoms with Gasteiger partial charge < -0.3 is 4.74 Å². The van der Waals surface area contributed by atoms with Crippen LogP contribution in [0.4, 0.5) is 0 Å². The molecule has 1 aromatic carbocycles. The predicted octanol–water partition coefficient (Wildman–Crippen LogP) is 2.06. The number of ether oxygens (including phenoxy) is 1. The first-order chi connectivity index (χ1) is 10.1. The highest BCUT2D eigenvalue weighted by molar-refractivity contribution is 7.14. The zero-order valence-corrected chi connectivity index (χ0v) is 12.4. The topological polar surface area (TPSA) is 81.4 Å². The molecule has 2 rings (SSSR count). The van der Waals surface area contributed by atoms with Crippen LogP contribution in [0.15, 0.2) is 36.4 Å². The Balaban J connectivity index is 1.92. The fourth-order valence-electron chi connectivity index (χ4n) is 1.79. The van der Waals surface area contributed by atoms with Crippen LogP contribution in [0, 0.1) is 0 Å². The monoisotopic (exact) mass is 304 g/mol. The van der Waals surface area contributed by atoms with Gasteiger partial charge in [0.05, 0.1) is 4.88 Å². The molecule has 1 heterocycles. The number of nitrogens with two attached hydrogens (primary N) is 1. The number of hydrogen-bond acceptors (Lipinski definition) is 5. The Morgan fingerprint density at radius 2 is 1.90 bits per heavy atom. The van der Waals surface area contributed by atoms with Gasteiger partial charge in [0, 0.05) is 11.3 Å². The third-order valence-corrected chi connectivity index (χ3v) is 3.83. The summed E-state index contributed by atoms with van der Waals surface area (Å²) in [5, 5.41) is 0. The van der Waals surface area contributed by atoms with Gasteiger partial charge in [-0.1, -0.05) is 12.1 Å². The zero-order valence-electron chi connectivity index (χ0n) is 11.6. The molecule has 0 fully saturated rings. The van der Waals surface area contributed by atoms with Crippen LogP contribution < -0.4 is 16.0 Å². The van der Waals surface area contributed by atoms with Crippen LogP contribution >= 0.6 is 11.3 Å². The van der Waals surface area contributed by atoms with Gasteiger partial charge in [0.1, 0.15) is 18.1 Å². The Hall–Kier alpha value is -2.18. The minimum atomic E-state index is -0.306. The van der Waals surface area contributed by atoms with Crippen LogP contribution in [0.25, 0.3) is 0 Å². The van der Waals surface area contributed by atoms with E-state index in [4.69, 9.17) is 10.6 Å². The first-order valence-electron chi connectivity index (χ1n) is 6.39. The van der Waals surface area contributed by atoms with Crippen molar-refractivity contribution in [1.29, 1.82) is 0 Å². The lowest BCUT2D eigenvalue weighted by Crippen LogP contribution is -2.29. The van der Waals surface area contributed by atoms with Gasteiger partial charge >= 0.3 is 0 Å². The number of Topliss-reactive ketones (excluding diaryl/α,β-unsaturated/α-hetero) is 1. The van der Waals surface area contributed by atoms with Gasteiger partial charge in [0.2, 0.25) is 0 Å². The molecule has 1 amide bonds. The second kappa shape index (κ2) is 7.01. The van der Waals surface area contributed by atoms with E-state index in [0.29, 0.717) is 17.9 Å². The average Bonchev–Trinajstić information content (AvgIpc) is 2.94. The smallest absolute Gasteiger partial charge is 0.275 e. The van der Waals surface area contributed by atoms with Crippen molar-refractivity contribution in [2.45, 2.75) is 20.0 Å². The normalized spacial score (nSPS) is 10.2. The minimum absolute atomic E-state index is 0.132. The van der Waals surface area contributed by atoms with Crippen molar-refractivity contribution in [1.82, 2.24) is 5.43 Å². The lowest BCUT2D eigenvalue weighted by Gasteiger charge is -2.05. The largest absolute Gasteiger partial charge is 0.488 e. The van der Waals surface area contributed by atoms with Gasteiger partial charge in [0.25, 0.3) is 5.91 Å². The second-order valence-electron chi connectivity index (χ2n) is 4.55. The molecular formula is C15H16N2O3S. The SMILES string of the molecule is CC(=O)Cc1ccc(OCc2ccc(C(=O)NN)s2)cc1.